The largest absolute Gasteiger partial charge is 0.606 e. The molecule has 0 amide bonds. The zero-order valence-electron chi connectivity index (χ0n) is 8.00. The van der Waals surface area contributed by atoms with Crippen LogP contribution in [-0.4, -0.2) is 6.04 Å². The first-order chi connectivity index (χ1) is 6.45. The van der Waals surface area contributed by atoms with E-state index in [0.717, 1.165) is 0 Å². The fraction of sp³-hybridized carbons (Fsp3) is 0.417. The molecule has 1 unspecified atom stereocenters. The molecule has 2 aliphatic rings. The van der Waals surface area contributed by atoms with Crippen molar-refractivity contribution in [2.75, 3.05) is 0 Å². The average molecular weight is 274 g/mol. The number of hydrogen-bond donors (Lipinski definition) is 0. The molecule has 0 saturated heterocycles. The maximum absolute atomic E-state index is 4.74. The van der Waals surface area contributed by atoms with Crippen LogP contribution in [0.1, 0.15) is 31.2 Å². The second kappa shape index (κ2) is 3.94. The molecule has 1 fully saturated rings. The Bertz CT molecular complexity index is 324. The van der Waals surface area contributed by atoms with Crippen molar-refractivity contribution in [3.8, 4) is 0 Å². The summed E-state index contributed by atoms with van der Waals surface area (Å²) in [7, 11) is 0. The Balaban J connectivity index is 0.000000750. The molecule has 1 aliphatic carbocycles. The molecule has 14 heavy (non-hydrogen) atoms. The Morgan fingerprint density at radius 1 is 1.21 bits per heavy atom. The summed E-state index contributed by atoms with van der Waals surface area (Å²) < 4.78 is 0. The monoisotopic (exact) mass is 274 g/mol. The van der Waals surface area contributed by atoms with Crippen molar-refractivity contribution in [3.63, 3.8) is 0 Å². The van der Waals surface area contributed by atoms with Gasteiger partial charge in [0.1, 0.15) is 5.56 Å². The number of fused-ring (bicyclic) bond motifs is 3. The predicted molar refractivity (Wildman–Crippen MR) is 54.1 cm³/mol. The topological polar surface area (TPSA) is 14.1 Å². The van der Waals surface area contributed by atoms with E-state index in [1.165, 1.54) is 36.9 Å². The summed E-state index contributed by atoms with van der Waals surface area (Å²) in [6, 6.07) is 9.10. The van der Waals surface area contributed by atoms with Crippen molar-refractivity contribution in [2.45, 2.75) is 31.7 Å². The summed E-state index contributed by atoms with van der Waals surface area (Å²) in [4.78, 5) is 0. The fourth-order valence-electron chi connectivity index (χ4n) is 2.48. The van der Waals surface area contributed by atoms with Gasteiger partial charge in [0.05, 0.1) is 0 Å². The Morgan fingerprint density at radius 2 is 2.07 bits per heavy atom. The van der Waals surface area contributed by atoms with E-state index < -0.39 is 0 Å². The molecular weight excluding hydrogens is 261 g/mol. The van der Waals surface area contributed by atoms with Crippen LogP contribution in [0.5, 0.6) is 0 Å². The molecular formula is C12H13NRh. The third-order valence-corrected chi connectivity index (χ3v) is 3.12. The number of rotatable bonds is 0. The molecule has 3 rings (SSSR count). The van der Waals surface area contributed by atoms with Gasteiger partial charge in [-0.2, -0.15) is 0 Å². The SMILES string of the molecule is [Rh].c1ccc2c(c1)[N-]C1CCCC[C+]21. The molecule has 1 aromatic carbocycles. The van der Waals surface area contributed by atoms with Crippen molar-refractivity contribution in [3.05, 3.63) is 41.1 Å². The Labute approximate surface area is 98.0 Å². The predicted octanol–water partition coefficient (Wildman–Crippen LogP) is 3.57. The van der Waals surface area contributed by atoms with E-state index in [0.29, 0.717) is 6.04 Å². The van der Waals surface area contributed by atoms with Gasteiger partial charge in [-0.3, -0.25) is 0 Å². The van der Waals surface area contributed by atoms with Crippen LogP contribution >= 0.6 is 0 Å². The van der Waals surface area contributed by atoms with E-state index in [9.17, 15) is 0 Å². The van der Waals surface area contributed by atoms with E-state index in [4.69, 9.17) is 5.32 Å². The summed E-state index contributed by atoms with van der Waals surface area (Å²) in [5, 5.41) is 4.74. The van der Waals surface area contributed by atoms with Gasteiger partial charge in [0.2, 0.25) is 0 Å². The summed E-state index contributed by atoms with van der Waals surface area (Å²) in [6.45, 7) is 0. The first-order valence-electron chi connectivity index (χ1n) is 5.11. The number of hydrogen-bond acceptors (Lipinski definition) is 0. The van der Waals surface area contributed by atoms with Gasteiger partial charge in [-0.15, -0.1) is 0 Å². The van der Waals surface area contributed by atoms with E-state index >= 15 is 0 Å². The molecule has 0 N–H and O–H groups in total. The van der Waals surface area contributed by atoms with E-state index in [2.05, 4.69) is 24.3 Å². The molecule has 0 aromatic heterocycles. The van der Waals surface area contributed by atoms with Crippen LogP contribution in [0.25, 0.3) is 5.32 Å². The molecule has 2 heteroatoms. The van der Waals surface area contributed by atoms with Crippen LogP contribution in [0, 0.1) is 5.92 Å². The van der Waals surface area contributed by atoms with E-state index in [-0.39, 0.29) is 19.5 Å². The van der Waals surface area contributed by atoms with Crippen LogP contribution in [0.4, 0.5) is 5.69 Å². The molecule has 1 heterocycles. The van der Waals surface area contributed by atoms with Crippen molar-refractivity contribution in [1.82, 2.24) is 0 Å². The number of nitrogens with zero attached hydrogens (tertiary/aromatic N) is 1. The molecule has 1 nitrogen and oxygen atoms in total. The molecule has 1 saturated carbocycles. The quantitative estimate of drug-likeness (QED) is 0.507. The maximum atomic E-state index is 4.74. The first kappa shape index (κ1) is 10.0. The summed E-state index contributed by atoms with van der Waals surface area (Å²) >= 11 is 0. The van der Waals surface area contributed by atoms with Crippen LogP contribution in [0.3, 0.4) is 0 Å². The van der Waals surface area contributed by atoms with Gasteiger partial charge in [-0.05, 0) is 36.3 Å². The summed E-state index contributed by atoms with van der Waals surface area (Å²) in [5.74, 6) is 1.60. The van der Waals surface area contributed by atoms with E-state index in [1.54, 1.807) is 5.92 Å². The first-order valence-corrected chi connectivity index (χ1v) is 5.11. The minimum Gasteiger partial charge on any atom is -0.606 e. The molecule has 75 valence electrons. The third-order valence-electron chi connectivity index (χ3n) is 3.12. The van der Waals surface area contributed by atoms with Gasteiger partial charge in [0.15, 0.2) is 0 Å². The Hall–Kier alpha value is -0.487. The zero-order valence-corrected chi connectivity index (χ0v) is 9.63. The fourth-order valence-corrected chi connectivity index (χ4v) is 2.48. The standard InChI is InChI=1S/C12H13N.Rh/c1-3-7-11-9(5-1)10-6-2-4-8-12(10)13-11;/h1,3,5,7,12H,2,4,6,8H2;. The van der Waals surface area contributed by atoms with Crippen molar-refractivity contribution < 1.29 is 19.5 Å². The minimum atomic E-state index is 0. The molecule has 1 radical (unpaired) electrons. The van der Waals surface area contributed by atoms with Crippen LogP contribution < -0.4 is 0 Å². The van der Waals surface area contributed by atoms with Crippen molar-refractivity contribution >= 4 is 5.69 Å². The molecule has 1 aromatic rings. The molecule has 1 atom stereocenters. The second-order valence-electron chi connectivity index (χ2n) is 3.93. The Morgan fingerprint density at radius 3 is 3.00 bits per heavy atom. The normalized spacial score (nSPS) is 23.1. The number of benzene rings is 1. The maximum Gasteiger partial charge on any atom is 0.118 e. The van der Waals surface area contributed by atoms with Crippen molar-refractivity contribution in [1.29, 1.82) is 0 Å². The van der Waals surface area contributed by atoms with Gasteiger partial charge >= 0.3 is 0 Å². The van der Waals surface area contributed by atoms with Crippen LogP contribution in [0.15, 0.2) is 24.3 Å². The van der Waals surface area contributed by atoms with Gasteiger partial charge in [-0.25, -0.2) is 0 Å². The van der Waals surface area contributed by atoms with Crippen molar-refractivity contribution in [2.24, 2.45) is 0 Å². The van der Waals surface area contributed by atoms with E-state index in [1.807, 2.05) is 0 Å². The Kier molecular flexibility index (Phi) is 2.83. The number of para-hydroxylation sites is 1. The van der Waals surface area contributed by atoms with Gasteiger partial charge in [-0.1, -0.05) is 12.8 Å². The minimum absolute atomic E-state index is 0. The van der Waals surface area contributed by atoms with Gasteiger partial charge < -0.3 is 5.32 Å². The summed E-state index contributed by atoms with van der Waals surface area (Å²) in [6.07, 6.45) is 5.25. The third kappa shape index (κ3) is 1.46. The van der Waals surface area contributed by atoms with Crippen LogP contribution in [-0.2, 0) is 19.5 Å². The zero-order chi connectivity index (χ0) is 8.67. The van der Waals surface area contributed by atoms with Gasteiger partial charge in [0.25, 0.3) is 0 Å². The molecule has 1 aliphatic heterocycles. The summed E-state index contributed by atoms with van der Waals surface area (Å²) in [5.41, 5.74) is 2.65. The molecule has 0 spiro atoms. The van der Waals surface area contributed by atoms with Crippen LogP contribution in [0.2, 0.25) is 0 Å². The molecule has 0 bridgehead atoms. The average Bonchev–Trinajstić information content (AvgIpc) is 2.56. The van der Waals surface area contributed by atoms with Gasteiger partial charge in [0, 0.05) is 37.9 Å². The second-order valence-corrected chi connectivity index (χ2v) is 3.93. The smallest absolute Gasteiger partial charge is 0.118 e.